The molecule has 118 valence electrons. The van der Waals surface area contributed by atoms with E-state index >= 15 is 0 Å². The smallest absolute Gasteiger partial charge is 0.308 e. The number of esters is 2. The van der Waals surface area contributed by atoms with Crippen LogP contribution >= 0.6 is 0 Å². The molecular formula is C15H22O6. The molecule has 0 spiro atoms. The number of hydrogen-bond donors (Lipinski definition) is 0. The highest BCUT2D eigenvalue weighted by Gasteiger charge is 2.38. The fourth-order valence-corrected chi connectivity index (χ4v) is 1.96. The topological polar surface area (TPSA) is 78.9 Å². The van der Waals surface area contributed by atoms with E-state index in [1.54, 1.807) is 0 Å². The van der Waals surface area contributed by atoms with Gasteiger partial charge in [-0.15, -0.1) is 0 Å². The van der Waals surface area contributed by atoms with Gasteiger partial charge in [-0.3, -0.25) is 14.4 Å². The molecule has 6 nitrogen and oxygen atoms in total. The second-order valence-electron chi connectivity index (χ2n) is 6.02. The maximum absolute atomic E-state index is 11.7. The monoisotopic (exact) mass is 298 g/mol. The van der Waals surface area contributed by atoms with Crippen LogP contribution in [-0.2, 0) is 28.6 Å². The zero-order chi connectivity index (χ0) is 15.3. The van der Waals surface area contributed by atoms with E-state index in [9.17, 15) is 14.4 Å². The van der Waals surface area contributed by atoms with Crippen molar-refractivity contribution in [2.24, 2.45) is 17.3 Å². The van der Waals surface area contributed by atoms with Gasteiger partial charge in [0.05, 0.1) is 17.3 Å². The SMILES string of the molecule is CCC(COC=O)(COC(=O)C1CC1)COC(=O)C1CC1. The zero-order valence-electron chi connectivity index (χ0n) is 12.3. The normalized spacial score (nSPS) is 18.0. The molecular weight excluding hydrogens is 276 g/mol. The van der Waals surface area contributed by atoms with E-state index in [-0.39, 0.29) is 43.6 Å². The summed E-state index contributed by atoms with van der Waals surface area (Å²) in [6.07, 6.45) is 4.08. The highest BCUT2D eigenvalue weighted by molar-refractivity contribution is 5.75. The quantitative estimate of drug-likeness (QED) is 0.345. The lowest BCUT2D eigenvalue weighted by Crippen LogP contribution is -2.38. The van der Waals surface area contributed by atoms with Gasteiger partial charge in [0.2, 0.25) is 0 Å². The van der Waals surface area contributed by atoms with E-state index in [4.69, 9.17) is 14.2 Å². The van der Waals surface area contributed by atoms with E-state index < -0.39 is 5.41 Å². The summed E-state index contributed by atoms with van der Waals surface area (Å²) in [5.74, 6) is -0.402. The fraction of sp³-hybridized carbons (Fsp3) is 0.800. The minimum atomic E-state index is -0.657. The highest BCUT2D eigenvalue weighted by atomic mass is 16.6. The van der Waals surface area contributed by atoms with Crippen LogP contribution in [0.5, 0.6) is 0 Å². The van der Waals surface area contributed by atoms with Crippen molar-refractivity contribution in [2.45, 2.75) is 39.0 Å². The Morgan fingerprint density at radius 2 is 1.48 bits per heavy atom. The predicted molar refractivity (Wildman–Crippen MR) is 72.1 cm³/mol. The van der Waals surface area contributed by atoms with Crippen LogP contribution < -0.4 is 0 Å². The molecule has 0 heterocycles. The van der Waals surface area contributed by atoms with Crippen LogP contribution in [0.15, 0.2) is 0 Å². The molecule has 2 rings (SSSR count). The first-order chi connectivity index (χ1) is 10.1. The van der Waals surface area contributed by atoms with Crippen LogP contribution in [0.1, 0.15) is 39.0 Å². The van der Waals surface area contributed by atoms with Gasteiger partial charge >= 0.3 is 11.9 Å². The van der Waals surface area contributed by atoms with Crippen molar-refractivity contribution >= 4 is 18.4 Å². The molecule has 0 radical (unpaired) electrons. The molecule has 0 atom stereocenters. The van der Waals surface area contributed by atoms with Crippen molar-refractivity contribution in [1.82, 2.24) is 0 Å². The minimum Gasteiger partial charge on any atom is -0.467 e. The third-order valence-electron chi connectivity index (χ3n) is 4.07. The second kappa shape index (κ2) is 6.91. The number of rotatable bonds is 10. The maximum atomic E-state index is 11.7. The average Bonchev–Trinajstić information content (AvgIpc) is 3.37. The molecule has 0 aromatic heterocycles. The van der Waals surface area contributed by atoms with Gasteiger partial charge in [0.1, 0.15) is 19.8 Å². The molecule has 0 saturated heterocycles. The molecule has 0 amide bonds. The van der Waals surface area contributed by atoms with Crippen LogP contribution in [0.2, 0.25) is 0 Å². The molecule has 0 N–H and O–H groups in total. The third kappa shape index (κ3) is 4.72. The van der Waals surface area contributed by atoms with Crippen LogP contribution in [0, 0.1) is 17.3 Å². The first kappa shape index (κ1) is 15.8. The Kier molecular flexibility index (Phi) is 5.20. The van der Waals surface area contributed by atoms with Crippen molar-refractivity contribution in [3.63, 3.8) is 0 Å². The van der Waals surface area contributed by atoms with Gasteiger partial charge < -0.3 is 14.2 Å². The number of ether oxygens (including phenoxy) is 3. The lowest BCUT2D eigenvalue weighted by Gasteiger charge is -2.30. The molecule has 2 fully saturated rings. The molecule has 2 saturated carbocycles. The van der Waals surface area contributed by atoms with Crippen molar-refractivity contribution in [2.75, 3.05) is 19.8 Å². The largest absolute Gasteiger partial charge is 0.467 e. The summed E-state index contributed by atoms with van der Waals surface area (Å²) in [6, 6.07) is 0. The number of hydrogen-bond acceptors (Lipinski definition) is 6. The summed E-state index contributed by atoms with van der Waals surface area (Å²) in [4.78, 5) is 33.8. The van der Waals surface area contributed by atoms with Gasteiger partial charge in [-0.05, 0) is 32.1 Å². The summed E-state index contributed by atoms with van der Waals surface area (Å²) in [5.41, 5.74) is -0.657. The van der Waals surface area contributed by atoms with Crippen LogP contribution in [0.3, 0.4) is 0 Å². The maximum Gasteiger partial charge on any atom is 0.308 e. The molecule has 0 bridgehead atoms. The standard InChI is InChI=1S/C15H22O6/c1-2-15(7-19-10-16,8-20-13(17)11-3-4-11)9-21-14(18)12-5-6-12/h10-12H,2-9H2,1H3. The van der Waals surface area contributed by atoms with Crippen molar-refractivity contribution in [1.29, 1.82) is 0 Å². The van der Waals surface area contributed by atoms with Gasteiger partial charge in [-0.25, -0.2) is 0 Å². The summed E-state index contributed by atoms with van der Waals surface area (Å²) in [7, 11) is 0. The second-order valence-corrected chi connectivity index (χ2v) is 6.02. The van der Waals surface area contributed by atoms with E-state index in [1.165, 1.54) is 0 Å². The molecule has 6 heteroatoms. The summed E-state index contributed by atoms with van der Waals surface area (Å²) >= 11 is 0. The summed E-state index contributed by atoms with van der Waals surface area (Å²) in [6.45, 7) is 2.53. The number of carbonyl (C=O) groups excluding carboxylic acids is 3. The lowest BCUT2D eigenvalue weighted by molar-refractivity contribution is -0.160. The summed E-state index contributed by atoms with van der Waals surface area (Å²) in [5, 5.41) is 0. The molecule has 0 aromatic carbocycles. The van der Waals surface area contributed by atoms with E-state index in [2.05, 4.69) is 0 Å². The minimum absolute atomic E-state index is 0.0144. The van der Waals surface area contributed by atoms with Crippen LogP contribution in [-0.4, -0.2) is 38.2 Å². The number of carbonyl (C=O) groups is 3. The third-order valence-corrected chi connectivity index (χ3v) is 4.07. The molecule has 2 aliphatic carbocycles. The Morgan fingerprint density at radius 1 is 1.00 bits per heavy atom. The van der Waals surface area contributed by atoms with Crippen molar-refractivity contribution in [3.05, 3.63) is 0 Å². The van der Waals surface area contributed by atoms with Crippen molar-refractivity contribution < 1.29 is 28.6 Å². The molecule has 0 unspecified atom stereocenters. The van der Waals surface area contributed by atoms with E-state index in [0.717, 1.165) is 25.7 Å². The molecule has 2 aliphatic rings. The lowest BCUT2D eigenvalue weighted by atomic mass is 9.88. The van der Waals surface area contributed by atoms with Crippen LogP contribution in [0.4, 0.5) is 0 Å². The van der Waals surface area contributed by atoms with Crippen molar-refractivity contribution in [3.8, 4) is 0 Å². The van der Waals surface area contributed by atoms with Gasteiger partial charge in [-0.1, -0.05) is 6.92 Å². The molecule has 0 aromatic rings. The van der Waals surface area contributed by atoms with E-state index in [0.29, 0.717) is 12.9 Å². The first-order valence-electron chi connectivity index (χ1n) is 7.49. The highest BCUT2D eigenvalue weighted by Crippen LogP contribution is 2.33. The predicted octanol–water partition coefficient (Wildman–Crippen LogP) is 1.46. The van der Waals surface area contributed by atoms with E-state index in [1.807, 2.05) is 6.92 Å². The summed E-state index contributed by atoms with van der Waals surface area (Å²) < 4.78 is 15.4. The van der Waals surface area contributed by atoms with Crippen LogP contribution in [0.25, 0.3) is 0 Å². The average molecular weight is 298 g/mol. The molecule has 21 heavy (non-hydrogen) atoms. The zero-order valence-corrected chi connectivity index (χ0v) is 12.3. The first-order valence-corrected chi connectivity index (χ1v) is 7.49. The Bertz CT molecular complexity index is 369. The van der Waals surface area contributed by atoms with Gasteiger partial charge in [-0.2, -0.15) is 0 Å². The Hall–Kier alpha value is -1.59. The van der Waals surface area contributed by atoms with Gasteiger partial charge in [0.25, 0.3) is 6.47 Å². The Morgan fingerprint density at radius 3 is 1.81 bits per heavy atom. The Balaban J connectivity index is 1.87. The fourth-order valence-electron chi connectivity index (χ4n) is 1.96. The Labute approximate surface area is 124 Å². The van der Waals surface area contributed by atoms with Gasteiger partial charge in [0, 0.05) is 0 Å². The molecule has 0 aliphatic heterocycles. The van der Waals surface area contributed by atoms with Gasteiger partial charge in [0.15, 0.2) is 0 Å².